The number of para-hydroxylation sites is 4. The van der Waals surface area contributed by atoms with Crippen LogP contribution in [-0.4, -0.2) is 44.2 Å². The van der Waals surface area contributed by atoms with Gasteiger partial charge in [0.1, 0.15) is 12.4 Å². The molecule has 0 radical (unpaired) electrons. The lowest BCUT2D eigenvalue weighted by Crippen LogP contribution is -2.40. The Morgan fingerprint density at radius 2 is 1.75 bits per heavy atom. The molecular formula is C20H19N3O5. The van der Waals surface area contributed by atoms with E-state index >= 15 is 0 Å². The normalized spacial score (nSPS) is 15.7. The molecule has 2 heterocycles. The smallest absolute Gasteiger partial charge is 0.414 e. The molecule has 1 fully saturated rings. The van der Waals surface area contributed by atoms with Gasteiger partial charge in [-0.05, 0) is 24.3 Å². The molecule has 0 aliphatic carbocycles. The van der Waals surface area contributed by atoms with Crippen LogP contribution in [0.5, 0.6) is 5.75 Å². The van der Waals surface area contributed by atoms with Crippen molar-refractivity contribution in [3.05, 3.63) is 48.5 Å². The molecule has 0 bridgehead atoms. The quantitative estimate of drug-likeness (QED) is 0.859. The lowest BCUT2D eigenvalue weighted by molar-refractivity contribution is -0.121. The fraction of sp³-hybridized carbons (Fsp3) is 0.250. The average Bonchev–Trinajstić information content (AvgIpc) is 3.13. The summed E-state index contributed by atoms with van der Waals surface area (Å²) in [6.45, 7) is 0.946. The SMILES string of the molecule is O=C(CCN1C(=O)COc2ccccc21)Nc1ccccc1N1CCOC1=O. The summed E-state index contributed by atoms with van der Waals surface area (Å²) in [5, 5.41) is 2.83. The summed E-state index contributed by atoms with van der Waals surface area (Å²) in [5.74, 6) is 0.184. The van der Waals surface area contributed by atoms with Crippen molar-refractivity contribution in [1.29, 1.82) is 0 Å². The minimum absolute atomic E-state index is 0.0431. The van der Waals surface area contributed by atoms with E-state index in [1.165, 1.54) is 4.90 Å². The third kappa shape index (κ3) is 3.48. The molecule has 0 atom stereocenters. The number of carbonyl (C=O) groups excluding carboxylic acids is 3. The van der Waals surface area contributed by atoms with Gasteiger partial charge in [-0.2, -0.15) is 0 Å². The Labute approximate surface area is 161 Å². The van der Waals surface area contributed by atoms with Crippen molar-refractivity contribution in [1.82, 2.24) is 0 Å². The van der Waals surface area contributed by atoms with Crippen LogP contribution in [0.25, 0.3) is 0 Å². The third-order valence-electron chi connectivity index (χ3n) is 4.60. The second-order valence-corrected chi connectivity index (χ2v) is 6.38. The summed E-state index contributed by atoms with van der Waals surface area (Å²) in [5.41, 5.74) is 1.78. The highest BCUT2D eigenvalue weighted by atomic mass is 16.6. The predicted octanol–water partition coefficient (Wildman–Crippen LogP) is 2.40. The third-order valence-corrected chi connectivity index (χ3v) is 4.60. The molecule has 4 rings (SSSR count). The second-order valence-electron chi connectivity index (χ2n) is 6.38. The standard InChI is InChI=1S/C20H19N3O5/c24-18(9-10-22-16-7-3-4-8-17(16)28-13-19(22)25)21-14-5-1-2-6-15(14)23-11-12-27-20(23)26/h1-8H,9-13H2,(H,21,24). The summed E-state index contributed by atoms with van der Waals surface area (Å²) >= 11 is 0. The van der Waals surface area contributed by atoms with Crippen molar-refractivity contribution in [2.24, 2.45) is 0 Å². The van der Waals surface area contributed by atoms with E-state index in [-0.39, 0.29) is 31.4 Å². The highest BCUT2D eigenvalue weighted by molar-refractivity contribution is 6.01. The molecule has 1 saturated heterocycles. The highest BCUT2D eigenvalue weighted by Gasteiger charge is 2.27. The first-order valence-corrected chi connectivity index (χ1v) is 8.99. The van der Waals surface area contributed by atoms with Gasteiger partial charge in [0.2, 0.25) is 5.91 Å². The van der Waals surface area contributed by atoms with Gasteiger partial charge in [-0.1, -0.05) is 24.3 Å². The van der Waals surface area contributed by atoms with Crippen LogP contribution in [0.3, 0.4) is 0 Å². The molecule has 0 spiro atoms. The molecule has 2 aromatic rings. The molecular weight excluding hydrogens is 362 g/mol. The van der Waals surface area contributed by atoms with Crippen molar-refractivity contribution in [3.8, 4) is 5.75 Å². The Morgan fingerprint density at radius 1 is 1.00 bits per heavy atom. The number of carbonyl (C=O) groups is 3. The Kier molecular flexibility index (Phi) is 4.84. The number of amides is 3. The molecule has 0 aromatic heterocycles. The van der Waals surface area contributed by atoms with Gasteiger partial charge in [0.25, 0.3) is 5.91 Å². The van der Waals surface area contributed by atoms with E-state index < -0.39 is 6.09 Å². The topological polar surface area (TPSA) is 88.2 Å². The van der Waals surface area contributed by atoms with E-state index in [0.29, 0.717) is 36.0 Å². The largest absolute Gasteiger partial charge is 0.482 e. The van der Waals surface area contributed by atoms with Crippen molar-refractivity contribution in [2.45, 2.75) is 6.42 Å². The number of nitrogens with zero attached hydrogens (tertiary/aromatic N) is 2. The molecule has 144 valence electrons. The van der Waals surface area contributed by atoms with Gasteiger partial charge in [-0.15, -0.1) is 0 Å². The van der Waals surface area contributed by atoms with Crippen LogP contribution in [0, 0.1) is 0 Å². The molecule has 28 heavy (non-hydrogen) atoms. The number of hydrogen-bond acceptors (Lipinski definition) is 5. The number of hydrogen-bond donors (Lipinski definition) is 1. The summed E-state index contributed by atoms with van der Waals surface area (Å²) in [6, 6.07) is 14.3. The molecule has 3 amide bonds. The van der Waals surface area contributed by atoms with E-state index in [0.717, 1.165) is 0 Å². The molecule has 0 unspecified atom stereocenters. The number of ether oxygens (including phenoxy) is 2. The van der Waals surface area contributed by atoms with Gasteiger partial charge in [0.05, 0.1) is 23.6 Å². The number of nitrogens with one attached hydrogen (secondary N) is 1. The fourth-order valence-electron chi connectivity index (χ4n) is 3.25. The first kappa shape index (κ1) is 17.8. The zero-order chi connectivity index (χ0) is 19.5. The number of cyclic esters (lactones) is 1. The molecule has 8 nitrogen and oxygen atoms in total. The maximum Gasteiger partial charge on any atom is 0.414 e. The van der Waals surface area contributed by atoms with E-state index in [1.807, 2.05) is 12.1 Å². The summed E-state index contributed by atoms with van der Waals surface area (Å²) < 4.78 is 10.4. The van der Waals surface area contributed by atoms with Gasteiger partial charge in [-0.3, -0.25) is 14.5 Å². The van der Waals surface area contributed by atoms with Gasteiger partial charge in [0.15, 0.2) is 6.61 Å². The number of rotatable bonds is 5. The Morgan fingerprint density at radius 3 is 2.54 bits per heavy atom. The molecule has 2 aromatic carbocycles. The Balaban J connectivity index is 1.44. The summed E-state index contributed by atoms with van der Waals surface area (Å²) in [7, 11) is 0. The minimum Gasteiger partial charge on any atom is -0.482 e. The van der Waals surface area contributed by atoms with E-state index in [1.54, 1.807) is 41.3 Å². The summed E-state index contributed by atoms with van der Waals surface area (Å²) in [4.78, 5) is 39.6. The fourth-order valence-corrected chi connectivity index (χ4v) is 3.25. The molecule has 2 aliphatic rings. The summed E-state index contributed by atoms with van der Waals surface area (Å²) in [6.07, 6.45) is -0.323. The lowest BCUT2D eigenvalue weighted by Gasteiger charge is -2.29. The number of anilines is 3. The van der Waals surface area contributed by atoms with E-state index in [9.17, 15) is 14.4 Å². The first-order chi connectivity index (χ1) is 13.6. The molecule has 8 heteroatoms. The molecule has 1 N–H and O–H groups in total. The van der Waals surface area contributed by atoms with E-state index in [4.69, 9.17) is 9.47 Å². The van der Waals surface area contributed by atoms with Crippen LogP contribution < -0.4 is 19.9 Å². The van der Waals surface area contributed by atoms with Crippen LogP contribution >= 0.6 is 0 Å². The lowest BCUT2D eigenvalue weighted by atomic mass is 10.2. The van der Waals surface area contributed by atoms with Gasteiger partial charge >= 0.3 is 6.09 Å². The molecule has 2 aliphatic heterocycles. The van der Waals surface area contributed by atoms with Crippen LogP contribution in [0.2, 0.25) is 0 Å². The maximum absolute atomic E-state index is 12.5. The molecule has 0 saturated carbocycles. The van der Waals surface area contributed by atoms with Gasteiger partial charge < -0.3 is 19.7 Å². The monoisotopic (exact) mass is 381 g/mol. The van der Waals surface area contributed by atoms with Crippen molar-refractivity contribution in [3.63, 3.8) is 0 Å². The highest BCUT2D eigenvalue weighted by Crippen LogP contribution is 2.32. The zero-order valence-corrected chi connectivity index (χ0v) is 15.1. The van der Waals surface area contributed by atoms with Gasteiger partial charge in [-0.25, -0.2) is 4.79 Å². The van der Waals surface area contributed by atoms with Crippen LogP contribution in [0.1, 0.15) is 6.42 Å². The number of fused-ring (bicyclic) bond motifs is 1. The van der Waals surface area contributed by atoms with Crippen LogP contribution in [0.15, 0.2) is 48.5 Å². The minimum atomic E-state index is -0.433. The zero-order valence-electron chi connectivity index (χ0n) is 15.1. The number of benzene rings is 2. The Hall–Kier alpha value is -3.55. The van der Waals surface area contributed by atoms with Crippen molar-refractivity contribution < 1.29 is 23.9 Å². The Bertz CT molecular complexity index is 930. The maximum atomic E-state index is 12.5. The second kappa shape index (κ2) is 7.59. The van der Waals surface area contributed by atoms with Crippen molar-refractivity contribution in [2.75, 3.05) is 41.4 Å². The van der Waals surface area contributed by atoms with Crippen LogP contribution in [0.4, 0.5) is 21.9 Å². The van der Waals surface area contributed by atoms with Crippen LogP contribution in [-0.2, 0) is 14.3 Å². The average molecular weight is 381 g/mol. The predicted molar refractivity (Wildman–Crippen MR) is 103 cm³/mol. The van der Waals surface area contributed by atoms with Crippen molar-refractivity contribution >= 4 is 35.0 Å². The van der Waals surface area contributed by atoms with E-state index in [2.05, 4.69) is 5.32 Å². The van der Waals surface area contributed by atoms with Gasteiger partial charge in [0, 0.05) is 13.0 Å². The first-order valence-electron chi connectivity index (χ1n) is 8.99.